The summed E-state index contributed by atoms with van der Waals surface area (Å²) in [6.07, 6.45) is 4.99. The van der Waals surface area contributed by atoms with E-state index in [9.17, 15) is 22.0 Å². The number of alkyl halides is 1. The zero-order chi connectivity index (χ0) is 26.3. The van der Waals surface area contributed by atoms with Crippen molar-refractivity contribution in [2.24, 2.45) is 16.6 Å². The van der Waals surface area contributed by atoms with Crippen LogP contribution in [0.3, 0.4) is 0 Å². The van der Waals surface area contributed by atoms with Crippen molar-refractivity contribution in [3.8, 4) is 5.75 Å². The van der Waals surface area contributed by atoms with Gasteiger partial charge in [-0.2, -0.15) is 0 Å². The minimum absolute atomic E-state index is 0.131. The molecule has 2 heterocycles. The molecule has 3 N–H and O–H groups in total. The first-order valence-electron chi connectivity index (χ1n) is 11.7. The number of aliphatic imine (C=N–C) groups is 1. The van der Waals surface area contributed by atoms with Crippen LogP contribution in [0.4, 0.5) is 14.5 Å². The van der Waals surface area contributed by atoms with Gasteiger partial charge in [0.25, 0.3) is 5.91 Å². The zero-order valence-electron chi connectivity index (χ0n) is 20.5. The molecule has 1 fully saturated rings. The average molecular weight is 521 g/mol. The number of sulfone groups is 1. The number of aryl methyl sites for hydroxylation is 1. The highest BCUT2D eigenvalue weighted by atomic mass is 32.2. The molecule has 0 bridgehead atoms. The van der Waals surface area contributed by atoms with Crippen LogP contribution in [0.15, 0.2) is 35.5 Å². The van der Waals surface area contributed by atoms with Crippen molar-refractivity contribution in [1.82, 2.24) is 4.98 Å². The Labute approximate surface area is 209 Å². The van der Waals surface area contributed by atoms with Crippen LogP contribution in [-0.2, 0) is 15.4 Å². The van der Waals surface area contributed by atoms with Gasteiger partial charge in [0, 0.05) is 11.3 Å². The van der Waals surface area contributed by atoms with Crippen LogP contribution in [-0.4, -0.2) is 48.9 Å². The second kappa shape index (κ2) is 9.42. The molecule has 1 aromatic heterocycles. The van der Waals surface area contributed by atoms with E-state index in [0.717, 1.165) is 18.9 Å². The predicted molar refractivity (Wildman–Crippen MR) is 133 cm³/mol. The third-order valence-electron chi connectivity index (χ3n) is 7.08. The normalized spacial score (nSPS) is 22.9. The second-order valence-electron chi connectivity index (χ2n) is 10.0. The number of anilines is 1. The summed E-state index contributed by atoms with van der Waals surface area (Å²) in [7, 11) is -3.96. The van der Waals surface area contributed by atoms with Crippen LogP contribution in [0.25, 0.3) is 0 Å². The molecule has 1 atom stereocenters. The Kier molecular flexibility index (Phi) is 6.80. The zero-order valence-corrected chi connectivity index (χ0v) is 21.3. The average Bonchev–Trinajstić information content (AvgIpc) is 2.77. The molecule has 1 amide bonds. The SMILES string of the molecule is Cc1cc(OCC2CCC2)cnc1C(=O)Nc1ccc(F)c([C@]2(CF)CS(=O)(=O)C(C)(C)C(N)=N2)c1. The third-order valence-corrected chi connectivity index (χ3v) is 9.70. The first-order chi connectivity index (χ1) is 16.9. The number of hydrogen-bond donors (Lipinski definition) is 2. The number of carbonyl (C=O) groups excluding carboxylic acids is 1. The smallest absolute Gasteiger partial charge is 0.274 e. The molecule has 36 heavy (non-hydrogen) atoms. The number of nitrogens with zero attached hydrogens (tertiary/aromatic N) is 2. The number of rotatable bonds is 7. The Morgan fingerprint density at radius 3 is 2.58 bits per heavy atom. The maximum atomic E-state index is 14.9. The molecule has 194 valence electrons. The molecule has 4 rings (SSSR count). The number of carbonyl (C=O) groups is 1. The van der Waals surface area contributed by atoms with Crippen molar-refractivity contribution < 1.29 is 26.7 Å². The second-order valence-corrected chi connectivity index (χ2v) is 12.6. The fourth-order valence-electron chi connectivity index (χ4n) is 4.22. The molecule has 8 nitrogen and oxygen atoms in total. The maximum absolute atomic E-state index is 14.9. The molecule has 0 saturated heterocycles. The van der Waals surface area contributed by atoms with Crippen molar-refractivity contribution in [1.29, 1.82) is 0 Å². The topological polar surface area (TPSA) is 124 Å². The quantitative estimate of drug-likeness (QED) is 0.574. The van der Waals surface area contributed by atoms with Gasteiger partial charge in [-0.1, -0.05) is 6.42 Å². The Balaban J connectivity index is 1.58. The van der Waals surface area contributed by atoms with Gasteiger partial charge in [-0.05, 0) is 69.4 Å². The molecular weight excluding hydrogens is 490 g/mol. The summed E-state index contributed by atoms with van der Waals surface area (Å²) in [6.45, 7) is 3.78. The lowest BCUT2D eigenvalue weighted by Gasteiger charge is -2.38. The molecule has 1 saturated carbocycles. The van der Waals surface area contributed by atoms with E-state index in [0.29, 0.717) is 23.8 Å². The molecular formula is C25H30F2N4O4S. The van der Waals surface area contributed by atoms with E-state index < -0.39 is 44.3 Å². The predicted octanol–water partition coefficient (Wildman–Crippen LogP) is 3.69. The van der Waals surface area contributed by atoms with Crippen LogP contribution in [0, 0.1) is 18.7 Å². The molecule has 1 aromatic carbocycles. The van der Waals surface area contributed by atoms with Gasteiger partial charge >= 0.3 is 0 Å². The van der Waals surface area contributed by atoms with Crippen molar-refractivity contribution in [3.63, 3.8) is 0 Å². The number of benzene rings is 1. The Morgan fingerprint density at radius 2 is 2.00 bits per heavy atom. The standard InChI is InChI=1S/C25H30F2N4O4S/c1-15-9-18(35-12-16-5-4-6-16)11-29-21(15)22(32)30-17-7-8-20(27)19(10-17)25(13-26)14-36(33,34)24(2,3)23(28)31-25/h7-11,16H,4-6,12-14H2,1-3H3,(H2,28,31)(H,30,32)/t25-/m0/s1. The van der Waals surface area contributed by atoms with Crippen LogP contribution in [0.1, 0.15) is 54.7 Å². The maximum Gasteiger partial charge on any atom is 0.274 e. The number of nitrogens with two attached hydrogens (primary N) is 1. The van der Waals surface area contributed by atoms with Crippen molar-refractivity contribution in [3.05, 3.63) is 53.1 Å². The van der Waals surface area contributed by atoms with E-state index in [1.165, 1.54) is 38.6 Å². The Hall–Kier alpha value is -3.08. The van der Waals surface area contributed by atoms with Gasteiger partial charge in [0.05, 0.1) is 18.6 Å². The van der Waals surface area contributed by atoms with Gasteiger partial charge in [0.15, 0.2) is 9.84 Å². The van der Waals surface area contributed by atoms with Crippen LogP contribution >= 0.6 is 0 Å². The third kappa shape index (κ3) is 4.68. The summed E-state index contributed by atoms with van der Waals surface area (Å²) in [6, 6.07) is 5.23. The van der Waals surface area contributed by atoms with E-state index in [2.05, 4.69) is 15.3 Å². The number of nitrogens with one attached hydrogen (secondary N) is 1. The first-order valence-corrected chi connectivity index (χ1v) is 13.4. The molecule has 11 heteroatoms. The van der Waals surface area contributed by atoms with Crippen LogP contribution in [0.2, 0.25) is 0 Å². The number of hydrogen-bond acceptors (Lipinski definition) is 7. The lowest BCUT2D eigenvalue weighted by Crippen LogP contribution is -2.56. The fraction of sp³-hybridized carbons (Fsp3) is 0.480. The monoisotopic (exact) mass is 520 g/mol. The van der Waals surface area contributed by atoms with Crippen molar-refractivity contribution in [2.45, 2.75) is 50.3 Å². The minimum Gasteiger partial charge on any atom is -0.492 e. The van der Waals surface area contributed by atoms with Gasteiger partial charge in [-0.15, -0.1) is 0 Å². The lowest BCUT2D eigenvalue weighted by molar-refractivity contribution is 0.102. The van der Waals surface area contributed by atoms with Crippen LogP contribution in [0.5, 0.6) is 5.75 Å². The Bertz CT molecular complexity index is 1330. The number of amidine groups is 1. The van der Waals surface area contributed by atoms with Crippen LogP contribution < -0.4 is 15.8 Å². The molecule has 0 spiro atoms. The van der Waals surface area contributed by atoms with E-state index in [1.807, 2.05) is 0 Å². The van der Waals surface area contributed by atoms with Gasteiger partial charge in [0.1, 0.15) is 40.1 Å². The summed E-state index contributed by atoms with van der Waals surface area (Å²) < 4.78 is 59.2. The highest BCUT2D eigenvalue weighted by Gasteiger charge is 2.52. The molecule has 0 radical (unpaired) electrons. The molecule has 1 aliphatic carbocycles. The number of pyridine rings is 1. The highest BCUT2D eigenvalue weighted by molar-refractivity contribution is 7.93. The molecule has 2 aromatic rings. The first kappa shape index (κ1) is 26.0. The van der Waals surface area contributed by atoms with E-state index in [4.69, 9.17) is 10.5 Å². The van der Waals surface area contributed by atoms with Gasteiger partial charge in [-0.3, -0.25) is 9.79 Å². The molecule has 0 unspecified atom stereocenters. The fourth-order valence-corrected chi connectivity index (χ4v) is 5.87. The van der Waals surface area contributed by atoms with Gasteiger partial charge in [0.2, 0.25) is 0 Å². The van der Waals surface area contributed by atoms with Gasteiger partial charge < -0.3 is 15.8 Å². The molecule has 1 aliphatic heterocycles. The summed E-state index contributed by atoms with van der Waals surface area (Å²) in [4.78, 5) is 21.2. The van der Waals surface area contributed by atoms with Crippen molar-refractivity contribution >= 4 is 27.3 Å². The largest absolute Gasteiger partial charge is 0.492 e. The van der Waals surface area contributed by atoms with E-state index in [-0.39, 0.29) is 22.8 Å². The van der Waals surface area contributed by atoms with E-state index in [1.54, 1.807) is 13.0 Å². The highest BCUT2D eigenvalue weighted by Crippen LogP contribution is 2.39. The summed E-state index contributed by atoms with van der Waals surface area (Å²) in [5.74, 6) is -1.37. The summed E-state index contributed by atoms with van der Waals surface area (Å²) >= 11 is 0. The Morgan fingerprint density at radius 1 is 1.28 bits per heavy atom. The van der Waals surface area contributed by atoms with Gasteiger partial charge in [-0.25, -0.2) is 22.2 Å². The lowest BCUT2D eigenvalue weighted by atomic mass is 9.86. The number of aromatic nitrogens is 1. The summed E-state index contributed by atoms with van der Waals surface area (Å²) in [5.41, 5.74) is 4.38. The number of amides is 1. The summed E-state index contributed by atoms with van der Waals surface area (Å²) in [5, 5.41) is 2.62. The minimum atomic E-state index is -3.96. The number of ether oxygens (including phenoxy) is 1. The van der Waals surface area contributed by atoms with Crippen molar-refractivity contribution in [2.75, 3.05) is 24.4 Å². The number of halogens is 2. The molecule has 2 aliphatic rings. The van der Waals surface area contributed by atoms with E-state index >= 15 is 0 Å².